The number of aryl methyl sites for hydroxylation is 2. The van der Waals surface area contributed by atoms with Crippen LogP contribution >= 0.6 is 0 Å². The van der Waals surface area contributed by atoms with Gasteiger partial charge in [-0.2, -0.15) is 10.1 Å². The van der Waals surface area contributed by atoms with Gasteiger partial charge in [-0.25, -0.2) is 0 Å². The van der Waals surface area contributed by atoms with Crippen molar-refractivity contribution < 1.29 is 4.52 Å². The van der Waals surface area contributed by atoms with E-state index in [2.05, 4.69) is 58.5 Å². The molecule has 1 saturated carbocycles. The number of fused-ring (bicyclic) bond motifs is 1. The van der Waals surface area contributed by atoms with Gasteiger partial charge in [0.1, 0.15) is 0 Å². The molecular weight excluding hydrogens is 386 g/mol. The van der Waals surface area contributed by atoms with Crippen molar-refractivity contribution in [1.29, 1.82) is 0 Å². The third-order valence-electron chi connectivity index (χ3n) is 7.17. The van der Waals surface area contributed by atoms with Crippen LogP contribution < -0.4 is 0 Å². The number of benzene rings is 1. The van der Waals surface area contributed by atoms with Crippen LogP contribution in [0.25, 0.3) is 0 Å². The van der Waals surface area contributed by atoms with Gasteiger partial charge in [0.2, 0.25) is 5.89 Å². The maximum absolute atomic E-state index is 5.74. The van der Waals surface area contributed by atoms with Gasteiger partial charge in [0.25, 0.3) is 0 Å². The van der Waals surface area contributed by atoms with Crippen molar-refractivity contribution in [3.05, 3.63) is 64.1 Å². The Balaban J connectivity index is 1.31. The topological polar surface area (TPSA) is 70.8 Å². The molecule has 1 aromatic carbocycles. The van der Waals surface area contributed by atoms with Gasteiger partial charge in [0, 0.05) is 12.2 Å². The molecule has 0 saturated heterocycles. The summed E-state index contributed by atoms with van der Waals surface area (Å²) in [5, 5.41) is 12.4. The van der Waals surface area contributed by atoms with E-state index in [1.165, 1.54) is 60.2 Å². The molecule has 3 aromatic rings. The summed E-state index contributed by atoms with van der Waals surface area (Å²) in [7, 11) is 2.10. The second-order valence-corrected chi connectivity index (χ2v) is 9.53. The van der Waals surface area contributed by atoms with E-state index in [9.17, 15) is 0 Å². The highest BCUT2D eigenvalue weighted by atomic mass is 16.5. The lowest BCUT2D eigenvalue weighted by Crippen LogP contribution is -2.25. The fourth-order valence-corrected chi connectivity index (χ4v) is 5.41. The summed E-state index contributed by atoms with van der Waals surface area (Å²) < 4.78 is 5.74. The molecule has 0 amide bonds. The highest BCUT2D eigenvalue weighted by Gasteiger charge is 2.41. The second kappa shape index (κ2) is 8.58. The van der Waals surface area contributed by atoms with Gasteiger partial charge >= 0.3 is 0 Å². The number of H-pyrrole nitrogens is 1. The minimum absolute atomic E-state index is 0.104. The highest BCUT2D eigenvalue weighted by Crippen LogP contribution is 2.45. The van der Waals surface area contributed by atoms with Crippen LogP contribution in [-0.2, 0) is 31.3 Å². The molecule has 2 aliphatic rings. The van der Waals surface area contributed by atoms with Gasteiger partial charge in [0.05, 0.1) is 17.7 Å². The molecule has 0 radical (unpaired) electrons. The number of hydrogen-bond acceptors (Lipinski definition) is 5. The zero-order valence-electron chi connectivity index (χ0n) is 18.8. The van der Waals surface area contributed by atoms with Crippen LogP contribution in [0.2, 0.25) is 0 Å². The number of hydrogen-bond donors (Lipinski definition) is 1. The number of aromatic nitrogens is 4. The minimum atomic E-state index is -0.104. The highest BCUT2D eigenvalue weighted by molar-refractivity contribution is 5.35. The van der Waals surface area contributed by atoms with E-state index in [0.717, 1.165) is 38.1 Å². The molecule has 5 rings (SSSR count). The Bertz CT molecular complexity index is 1010. The van der Waals surface area contributed by atoms with Crippen molar-refractivity contribution in [1.82, 2.24) is 25.2 Å². The zero-order chi connectivity index (χ0) is 21.3. The first-order valence-electron chi connectivity index (χ1n) is 11.8. The molecule has 1 N–H and O–H groups in total. The summed E-state index contributed by atoms with van der Waals surface area (Å²) in [5.41, 5.74) is 6.43. The fourth-order valence-electron chi connectivity index (χ4n) is 5.41. The van der Waals surface area contributed by atoms with Crippen molar-refractivity contribution in [3.8, 4) is 0 Å². The van der Waals surface area contributed by atoms with Crippen molar-refractivity contribution >= 4 is 0 Å². The Morgan fingerprint density at radius 2 is 1.77 bits per heavy atom. The predicted molar refractivity (Wildman–Crippen MR) is 120 cm³/mol. The van der Waals surface area contributed by atoms with E-state index in [0.29, 0.717) is 12.4 Å². The molecule has 2 heterocycles. The monoisotopic (exact) mass is 419 g/mol. The van der Waals surface area contributed by atoms with E-state index >= 15 is 0 Å². The number of nitrogens with one attached hydrogen (secondary N) is 1. The summed E-state index contributed by atoms with van der Waals surface area (Å²) in [6, 6.07) is 8.87. The molecule has 6 heteroatoms. The van der Waals surface area contributed by atoms with Gasteiger partial charge in [-0.1, -0.05) is 54.2 Å². The average molecular weight is 420 g/mol. The minimum Gasteiger partial charge on any atom is -0.338 e. The molecular formula is C25H33N5O. The molecule has 164 valence electrons. The van der Waals surface area contributed by atoms with Gasteiger partial charge in [-0.05, 0) is 63.6 Å². The summed E-state index contributed by atoms with van der Waals surface area (Å²) in [5.74, 6) is 1.54. The first kappa shape index (κ1) is 20.4. The van der Waals surface area contributed by atoms with E-state index in [4.69, 9.17) is 9.51 Å². The summed E-state index contributed by atoms with van der Waals surface area (Å²) in [6.07, 6.45) is 10.7. The molecule has 0 spiro atoms. The first-order valence-corrected chi connectivity index (χ1v) is 11.8. The smallest absolute Gasteiger partial charge is 0.240 e. The van der Waals surface area contributed by atoms with E-state index in [1.807, 2.05) is 0 Å². The van der Waals surface area contributed by atoms with Crippen molar-refractivity contribution in [2.45, 2.75) is 83.2 Å². The van der Waals surface area contributed by atoms with Crippen LogP contribution in [0.3, 0.4) is 0 Å². The Morgan fingerprint density at radius 1 is 1.00 bits per heavy atom. The normalized spacial score (nSPS) is 18.3. The third kappa shape index (κ3) is 4.05. The standard InChI is InChI=1S/C25H33N5O/c1-18-10-12-19(13-11-18)25(14-6-7-15-25)24-26-23(31-29-24)17-30(2)16-22-20-8-4-3-5-9-21(20)27-28-22/h10-13H,3-9,14-17H2,1-2H3,(H,27,28). The van der Waals surface area contributed by atoms with Crippen LogP contribution in [0, 0.1) is 6.92 Å². The quantitative estimate of drug-likeness (QED) is 0.578. The predicted octanol–water partition coefficient (Wildman–Crippen LogP) is 4.86. The summed E-state index contributed by atoms with van der Waals surface area (Å²) >= 11 is 0. The van der Waals surface area contributed by atoms with Crippen LogP contribution in [0.1, 0.15) is 84.7 Å². The first-order chi connectivity index (χ1) is 15.1. The maximum atomic E-state index is 5.74. The molecule has 2 aromatic heterocycles. The van der Waals surface area contributed by atoms with E-state index in [1.54, 1.807) is 0 Å². The molecule has 6 nitrogen and oxygen atoms in total. The van der Waals surface area contributed by atoms with Gasteiger partial charge < -0.3 is 4.52 Å². The fraction of sp³-hybridized carbons (Fsp3) is 0.560. The maximum Gasteiger partial charge on any atom is 0.240 e. The lowest BCUT2D eigenvalue weighted by atomic mass is 9.78. The number of rotatable bonds is 6. The molecule has 0 aliphatic heterocycles. The zero-order valence-corrected chi connectivity index (χ0v) is 18.8. The lowest BCUT2D eigenvalue weighted by molar-refractivity contribution is 0.256. The van der Waals surface area contributed by atoms with Crippen molar-refractivity contribution in [2.24, 2.45) is 0 Å². The largest absolute Gasteiger partial charge is 0.338 e. The van der Waals surface area contributed by atoms with Gasteiger partial charge in [-0.15, -0.1) is 0 Å². The van der Waals surface area contributed by atoms with E-state index < -0.39 is 0 Å². The van der Waals surface area contributed by atoms with Crippen LogP contribution in [0.5, 0.6) is 0 Å². The molecule has 0 bridgehead atoms. The SMILES string of the molecule is Cc1ccc(C2(c3noc(CN(C)Cc4n[nH]c5c4CCCCC5)n3)CCCC2)cc1. The Hall–Kier alpha value is -2.47. The Labute approximate surface area is 184 Å². The van der Waals surface area contributed by atoms with Crippen LogP contribution in [-0.4, -0.2) is 32.3 Å². The number of aromatic amines is 1. The Morgan fingerprint density at radius 3 is 2.58 bits per heavy atom. The van der Waals surface area contributed by atoms with Crippen LogP contribution in [0.15, 0.2) is 28.8 Å². The van der Waals surface area contributed by atoms with Gasteiger partial charge in [0.15, 0.2) is 5.82 Å². The Kier molecular flexibility index (Phi) is 5.65. The summed E-state index contributed by atoms with van der Waals surface area (Å²) in [6.45, 7) is 3.57. The molecule has 0 atom stereocenters. The molecule has 0 unspecified atom stereocenters. The average Bonchev–Trinajstić information content (AvgIpc) is 3.47. The van der Waals surface area contributed by atoms with E-state index in [-0.39, 0.29) is 5.41 Å². The van der Waals surface area contributed by atoms with Crippen molar-refractivity contribution in [3.63, 3.8) is 0 Å². The lowest BCUT2D eigenvalue weighted by Gasteiger charge is -2.26. The van der Waals surface area contributed by atoms with Crippen LogP contribution in [0.4, 0.5) is 0 Å². The molecule has 31 heavy (non-hydrogen) atoms. The van der Waals surface area contributed by atoms with Crippen molar-refractivity contribution in [2.75, 3.05) is 7.05 Å². The molecule has 1 fully saturated rings. The number of nitrogens with zero attached hydrogens (tertiary/aromatic N) is 4. The summed E-state index contributed by atoms with van der Waals surface area (Å²) in [4.78, 5) is 7.12. The molecule has 2 aliphatic carbocycles. The third-order valence-corrected chi connectivity index (χ3v) is 7.17. The second-order valence-electron chi connectivity index (χ2n) is 9.53. The van der Waals surface area contributed by atoms with Gasteiger partial charge in [-0.3, -0.25) is 10.00 Å².